The molecule has 0 bridgehead atoms. The second-order valence-corrected chi connectivity index (χ2v) is 8.43. The lowest BCUT2D eigenvalue weighted by molar-refractivity contribution is -0.125. The molecule has 1 atom stereocenters. The molecule has 4 nitrogen and oxygen atoms in total. The van der Waals surface area contributed by atoms with Crippen LogP contribution in [0.25, 0.3) is 6.08 Å². The van der Waals surface area contributed by atoms with Gasteiger partial charge in [-0.05, 0) is 56.0 Å². The SMILES string of the molecule is Cc1cccc(CN2CCCC3(CCN(C(=O)/C=C/c4cccnc4)C3)C2)c1. The number of benzene rings is 1. The first-order valence-corrected chi connectivity index (χ1v) is 10.3. The average Bonchev–Trinajstić information content (AvgIpc) is 3.10. The fourth-order valence-electron chi connectivity index (χ4n) is 4.72. The number of likely N-dealkylation sites (tertiary alicyclic amines) is 2. The molecule has 1 spiro atoms. The molecule has 2 aromatic rings. The van der Waals surface area contributed by atoms with E-state index in [2.05, 4.69) is 41.1 Å². The van der Waals surface area contributed by atoms with Gasteiger partial charge < -0.3 is 4.90 Å². The maximum atomic E-state index is 12.7. The molecule has 0 saturated carbocycles. The third-order valence-corrected chi connectivity index (χ3v) is 6.08. The van der Waals surface area contributed by atoms with Crippen LogP contribution < -0.4 is 0 Å². The number of aromatic nitrogens is 1. The highest BCUT2D eigenvalue weighted by Gasteiger charge is 2.42. The number of amides is 1. The Labute approximate surface area is 167 Å². The van der Waals surface area contributed by atoms with Crippen LogP contribution in [0.5, 0.6) is 0 Å². The molecule has 1 aromatic heterocycles. The smallest absolute Gasteiger partial charge is 0.246 e. The van der Waals surface area contributed by atoms with Crippen molar-refractivity contribution in [2.24, 2.45) is 5.41 Å². The van der Waals surface area contributed by atoms with Gasteiger partial charge in [0.15, 0.2) is 0 Å². The van der Waals surface area contributed by atoms with Crippen molar-refractivity contribution in [1.29, 1.82) is 0 Å². The van der Waals surface area contributed by atoms with Crippen LogP contribution in [0.2, 0.25) is 0 Å². The van der Waals surface area contributed by atoms with Gasteiger partial charge in [0.1, 0.15) is 0 Å². The molecule has 0 N–H and O–H groups in total. The number of piperidine rings is 1. The average molecular weight is 376 g/mol. The van der Waals surface area contributed by atoms with Crippen LogP contribution in [0.4, 0.5) is 0 Å². The van der Waals surface area contributed by atoms with Gasteiger partial charge in [-0.25, -0.2) is 0 Å². The topological polar surface area (TPSA) is 36.4 Å². The number of hydrogen-bond acceptors (Lipinski definition) is 3. The van der Waals surface area contributed by atoms with E-state index in [9.17, 15) is 4.79 Å². The summed E-state index contributed by atoms with van der Waals surface area (Å²) in [6.45, 7) is 7.17. The lowest BCUT2D eigenvalue weighted by Crippen LogP contribution is -2.44. The van der Waals surface area contributed by atoms with Crippen molar-refractivity contribution in [2.75, 3.05) is 26.2 Å². The largest absolute Gasteiger partial charge is 0.339 e. The van der Waals surface area contributed by atoms with E-state index in [0.29, 0.717) is 0 Å². The number of nitrogens with zero attached hydrogens (tertiary/aromatic N) is 3. The fourth-order valence-corrected chi connectivity index (χ4v) is 4.72. The molecular formula is C24H29N3O. The molecule has 1 aromatic carbocycles. The molecule has 0 aliphatic carbocycles. The third-order valence-electron chi connectivity index (χ3n) is 6.08. The monoisotopic (exact) mass is 375 g/mol. The van der Waals surface area contributed by atoms with Crippen LogP contribution >= 0.6 is 0 Å². The highest BCUT2D eigenvalue weighted by molar-refractivity contribution is 5.92. The van der Waals surface area contributed by atoms with Crippen molar-refractivity contribution in [3.63, 3.8) is 0 Å². The van der Waals surface area contributed by atoms with Gasteiger partial charge in [0.2, 0.25) is 5.91 Å². The summed E-state index contributed by atoms with van der Waals surface area (Å²) in [6, 6.07) is 12.7. The van der Waals surface area contributed by atoms with Gasteiger partial charge >= 0.3 is 0 Å². The van der Waals surface area contributed by atoms with Crippen LogP contribution in [0.1, 0.15) is 36.0 Å². The molecule has 3 heterocycles. The Morgan fingerprint density at radius 2 is 2.11 bits per heavy atom. The summed E-state index contributed by atoms with van der Waals surface area (Å²) in [4.78, 5) is 21.4. The molecule has 2 fully saturated rings. The number of hydrogen-bond donors (Lipinski definition) is 0. The van der Waals surface area contributed by atoms with Crippen molar-refractivity contribution in [3.05, 3.63) is 71.6 Å². The Bertz CT molecular complexity index is 848. The van der Waals surface area contributed by atoms with E-state index in [-0.39, 0.29) is 11.3 Å². The first-order chi connectivity index (χ1) is 13.6. The maximum Gasteiger partial charge on any atom is 0.246 e. The van der Waals surface area contributed by atoms with Crippen molar-refractivity contribution < 1.29 is 4.79 Å². The Kier molecular flexibility index (Phi) is 5.58. The van der Waals surface area contributed by atoms with Crippen molar-refractivity contribution in [1.82, 2.24) is 14.8 Å². The Morgan fingerprint density at radius 1 is 1.18 bits per heavy atom. The van der Waals surface area contributed by atoms with Gasteiger partial charge in [-0.15, -0.1) is 0 Å². The quantitative estimate of drug-likeness (QED) is 0.760. The van der Waals surface area contributed by atoms with E-state index in [1.807, 2.05) is 23.1 Å². The van der Waals surface area contributed by atoms with Crippen molar-refractivity contribution >= 4 is 12.0 Å². The zero-order valence-electron chi connectivity index (χ0n) is 16.7. The minimum Gasteiger partial charge on any atom is -0.339 e. The van der Waals surface area contributed by atoms with Crippen LogP contribution in [0.3, 0.4) is 0 Å². The summed E-state index contributed by atoms with van der Waals surface area (Å²) < 4.78 is 0. The van der Waals surface area contributed by atoms with Gasteiger partial charge in [0.05, 0.1) is 0 Å². The number of carbonyl (C=O) groups is 1. The molecule has 1 amide bonds. The lowest BCUT2D eigenvalue weighted by Gasteiger charge is -2.40. The van der Waals surface area contributed by atoms with Gasteiger partial charge in [0, 0.05) is 50.1 Å². The normalized spacial score (nSPS) is 23.0. The van der Waals surface area contributed by atoms with Gasteiger partial charge in [0.25, 0.3) is 0 Å². The first-order valence-electron chi connectivity index (χ1n) is 10.3. The molecule has 146 valence electrons. The molecule has 28 heavy (non-hydrogen) atoms. The maximum absolute atomic E-state index is 12.7. The molecular weight excluding hydrogens is 346 g/mol. The highest BCUT2D eigenvalue weighted by atomic mass is 16.2. The predicted octanol–water partition coefficient (Wildman–Crippen LogP) is 3.92. The number of carbonyl (C=O) groups excluding carboxylic acids is 1. The fraction of sp³-hybridized carbons (Fsp3) is 0.417. The minimum atomic E-state index is 0.122. The Hall–Kier alpha value is -2.46. The molecule has 2 saturated heterocycles. The number of rotatable bonds is 4. The number of pyridine rings is 1. The van der Waals surface area contributed by atoms with Crippen LogP contribution in [-0.2, 0) is 11.3 Å². The van der Waals surface area contributed by atoms with E-state index in [4.69, 9.17) is 0 Å². The first kappa shape index (κ1) is 18.9. The van der Waals surface area contributed by atoms with Crippen LogP contribution in [0, 0.1) is 12.3 Å². The zero-order chi connectivity index (χ0) is 19.4. The molecule has 2 aliphatic rings. The zero-order valence-corrected chi connectivity index (χ0v) is 16.7. The standard InChI is InChI=1S/C24H29N3O/c1-20-5-2-6-22(15-20)17-26-13-4-10-24(18-26)11-14-27(19-24)23(28)9-8-21-7-3-12-25-16-21/h2-3,5-9,12,15-16H,4,10-11,13-14,17-19H2,1H3/b9-8+. The lowest BCUT2D eigenvalue weighted by atomic mass is 9.79. The molecule has 4 heteroatoms. The van der Waals surface area contributed by atoms with Crippen molar-refractivity contribution in [2.45, 2.75) is 32.7 Å². The predicted molar refractivity (Wildman–Crippen MR) is 113 cm³/mol. The van der Waals surface area contributed by atoms with E-state index in [1.54, 1.807) is 18.5 Å². The second-order valence-electron chi connectivity index (χ2n) is 8.43. The van der Waals surface area contributed by atoms with E-state index >= 15 is 0 Å². The summed E-state index contributed by atoms with van der Waals surface area (Å²) in [5.41, 5.74) is 3.94. The molecule has 2 aliphatic heterocycles. The Morgan fingerprint density at radius 3 is 2.93 bits per heavy atom. The second kappa shape index (κ2) is 8.27. The Balaban J connectivity index is 1.36. The summed E-state index contributed by atoms with van der Waals surface area (Å²) in [6.07, 6.45) is 10.7. The summed E-state index contributed by atoms with van der Waals surface area (Å²) >= 11 is 0. The number of aryl methyl sites for hydroxylation is 1. The van der Waals surface area contributed by atoms with E-state index < -0.39 is 0 Å². The van der Waals surface area contributed by atoms with Gasteiger partial charge in [-0.3, -0.25) is 14.7 Å². The summed E-state index contributed by atoms with van der Waals surface area (Å²) in [5, 5.41) is 0. The van der Waals surface area contributed by atoms with E-state index in [1.165, 1.54) is 24.0 Å². The van der Waals surface area contributed by atoms with Crippen LogP contribution in [-0.4, -0.2) is 46.9 Å². The molecule has 1 unspecified atom stereocenters. The summed E-state index contributed by atoms with van der Waals surface area (Å²) in [5.74, 6) is 0.122. The van der Waals surface area contributed by atoms with Crippen LogP contribution in [0.15, 0.2) is 54.9 Å². The van der Waals surface area contributed by atoms with Crippen molar-refractivity contribution in [3.8, 4) is 0 Å². The summed E-state index contributed by atoms with van der Waals surface area (Å²) in [7, 11) is 0. The third kappa shape index (κ3) is 4.50. The molecule has 0 radical (unpaired) electrons. The highest BCUT2D eigenvalue weighted by Crippen LogP contribution is 2.39. The molecule has 4 rings (SSSR count). The van der Waals surface area contributed by atoms with E-state index in [0.717, 1.165) is 44.7 Å². The van der Waals surface area contributed by atoms with Gasteiger partial charge in [-0.2, -0.15) is 0 Å². The van der Waals surface area contributed by atoms with Gasteiger partial charge in [-0.1, -0.05) is 35.9 Å². The minimum absolute atomic E-state index is 0.122.